The molecule has 0 fully saturated rings. The monoisotopic (exact) mass is 284 g/mol. The second kappa shape index (κ2) is 5.95. The molecule has 0 unspecified atom stereocenters. The molecule has 1 aromatic heterocycles. The van der Waals surface area contributed by atoms with Crippen LogP contribution >= 0.6 is 0 Å². The van der Waals surface area contributed by atoms with Crippen LogP contribution in [-0.4, -0.2) is 16.5 Å². The molecule has 2 aromatic rings. The van der Waals surface area contributed by atoms with Gasteiger partial charge in [-0.05, 0) is 56.2 Å². The Kier molecular flexibility index (Phi) is 4.26. The molecule has 4 heteroatoms. The van der Waals surface area contributed by atoms with Gasteiger partial charge in [0.05, 0.1) is 17.1 Å². The largest absolute Gasteiger partial charge is 0.293 e. The average Bonchev–Trinajstić information content (AvgIpc) is 2.42. The molecular formula is C17H17FN2O. The Morgan fingerprint density at radius 2 is 1.67 bits per heavy atom. The van der Waals surface area contributed by atoms with E-state index in [2.05, 4.69) is 9.98 Å². The van der Waals surface area contributed by atoms with Crippen molar-refractivity contribution < 1.29 is 9.18 Å². The summed E-state index contributed by atoms with van der Waals surface area (Å²) in [5.74, 6) is -0.350. The Morgan fingerprint density at radius 3 is 2.24 bits per heavy atom. The zero-order valence-corrected chi connectivity index (χ0v) is 12.6. The van der Waals surface area contributed by atoms with E-state index in [0.29, 0.717) is 17.1 Å². The summed E-state index contributed by atoms with van der Waals surface area (Å²) in [5.41, 5.74) is 4.03. The maximum absolute atomic E-state index is 13.3. The normalized spacial score (nSPS) is 11.6. The number of carbonyl (C=O) groups excluding carboxylic acids is 1. The molecule has 0 N–H and O–H groups in total. The molecule has 3 nitrogen and oxygen atoms in total. The van der Waals surface area contributed by atoms with E-state index in [4.69, 9.17) is 0 Å². The van der Waals surface area contributed by atoms with Crippen LogP contribution in [-0.2, 0) is 0 Å². The first-order valence-corrected chi connectivity index (χ1v) is 6.69. The van der Waals surface area contributed by atoms with Crippen molar-refractivity contribution in [3.8, 4) is 0 Å². The van der Waals surface area contributed by atoms with Crippen molar-refractivity contribution in [2.75, 3.05) is 0 Å². The average molecular weight is 284 g/mol. The summed E-state index contributed by atoms with van der Waals surface area (Å²) in [6, 6.07) is 8.17. The Balaban J connectivity index is 2.47. The second-order valence-electron chi connectivity index (χ2n) is 5.05. The number of carbonyl (C=O) groups is 1. The number of rotatable bonds is 3. The van der Waals surface area contributed by atoms with E-state index < -0.39 is 0 Å². The van der Waals surface area contributed by atoms with Crippen LogP contribution in [0, 0.1) is 19.7 Å². The van der Waals surface area contributed by atoms with E-state index in [-0.39, 0.29) is 11.6 Å². The summed E-state index contributed by atoms with van der Waals surface area (Å²) in [7, 11) is 0. The molecule has 108 valence electrons. The van der Waals surface area contributed by atoms with Gasteiger partial charge in [-0.25, -0.2) is 9.37 Å². The Bertz CT molecular complexity index is 712. The summed E-state index contributed by atoms with van der Waals surface area (Å²) >= 11 is 0. The van der Waals surface area contributed by atoms with Crippen LogP contribution in [0.2, 0.25) is 0 Å². The number of aliphatic imine (C=N–C) groups is 1. The number of aryl methyl sites for hydroxylation is 2. The van der Waals surface area contributed by atoms with Crippen molar-refractivity contribution in [3.63, 3.8) is 0 Å². The van der Waals surface area contributed by atoms with Crippen molar-refractivity contribution in [1.82, 2.24) is 4.98 Å². The lowest BCUT2D eigenvalue weighted by molar-refractivity contribution is 0.101. The molecule has 0 aliphatic rings. The van der Waals surface area contributed by atoms with Gasteiger partial charge in [-0.2, -0.15) is 0 Å². The minimum absolute atomic E-state index is 0.0845. The van der Waals surface area contributed by atoms with Crippen LogP contribution in [0.25, 0.3) is 0 Å². The van der Waals surface area contributed by atoms with Gasteiger partial charge < -0.3 is 0 Å². The molecule has 1 heterocycles. The number of hydrogen-bond donors (Lipinski definition) is 0. The van der Waals surface area contributed by atoms with Crippen LogP contribution in [0.5, 0.6) is 0 Å². The third-order valence-corrected chi connectivity index (χ3v) is 3.22. The topological polar surface area (TPSA) is 42.3 Å². The van der Waals surface area contributed by atoms with Crippen molar-refractivity contribution in [3.05, 3.63) is 58.7 Å². The number of halogens is 1. The number of pyridine rings is 1. The van der Waals surface area contributed by atoms with Gasteiger partial charge in [-0.1, -0.05) is 6.07 Å². The van der Waals surface area contributed by atoms with Crippen LogP contribution in [0.4, 0.5) is 10.1 Å². The molecule has 1 aromatic carbocycles. The van der Waals surface area contributed by atoms with Crippen LogP contribution < -0.4 is 0 Å². The molecule has 0 radical (unpaired) electrons. The van der Waals surface area contributed by atoms with Gasteiger partial charge in [-0.3, -0.25) is 9.79 Å². The second-order valence-corrected chi connectivity index (χ2v) is 5.05. The minimum atomic E-state index is -0.265. The molecule has 21 heavy (non-hydrogen) atoms. The third-order valence-electron chi connectivity index (χ3n) is 3.22. The summed E-state index contributed by atoms with van der Waals surface area (Å²) in [5, 5.41) is 0. The van der Waals surface area contributed by atoms with Crippen molar-refractivity contribution in [2.45, 2.75) is 27.7 Å². The Morgan fingerprint density at radius 1 is 1.10 bits per heavy atom. The van der Waals surface area contributed by atoms with E-state index in [1.165, 1.54) is 19.1 Å². The maximum Gasteiger partial charge on any atom is 0.178 e. The summed E-state index contributed by atoms with van der Waals surface area (Å²) in [6.07, 6.45) is 0. The van der Waals surface area contributed by atoms with E-state index in [1.807, 2.05) is 20.8 Å². The smallest absolute Gasteiger partial charge is 0.178 e. The lowest BCUT2D eigenvalue weighted by Gasteiger charge is -2.07. The molecule has 0 aliphatic carbocycles. The molecule has 0 bridgehead atoms. The molecule has 0 spiro atoms. The predicted molar refractivity (Wildman–Crippen MR) is 82.0 cm³/mol. The minimum Gasteiger partial charge on any atom is -0.293 e. The van der Waals surface area contributed by atoms with E-state index in [0.717, 1.165) is 16.8 Å². The molecule has 0 saturated carbocycles. The van der Waals surface area contributed by atoms with E-state index >= 15 is 0 Å². The number of Topliss-reactive ketones (excluding diaryl/α,β-unsaturated/α-hetero) is 1. The van der Waals surface area contributed by atoms with Crippen molar-refractivity contribution in [1.29, 1.82) is 0 Å². The Labute approximate surface area is 123 Å². The number of hydrogen-bond acceptors (Lipinski definition) is 3. The fraction of sp³-hybridized carbons (Fsp3) is 0.235. The molecule has 0 atom stereocenters. The van der Waals surface area contributed by atoms with Gasteiger partial charge in [0, 0.05) is 6.92 Å². The Hall–Kier alpha value is -2.36. The highest BCUT2D eigenvalue weighted by atomic mass is 19.1. The summed E-state index contributed by atoms with van der Waals surface area (Å²) in [4.78, 5) is 20.2. The zero-order chi connectivity index (χ0) is 15.6. The fourth-order valence-corrected chi connectivity index (χ4v) is 2.14. The number of ketones is 1. The first-order chi connectivity index (χ1) is 9.88. The fourth-order valence-electron chi connectivity index (χ4n) is 2.14. The first-order valence-electron chi connectivity index (χ1n) is 6.69. The van der Waals surface area contributed by atoms with Gasteiger partial charge in [0.1, 0.15) is 11.5 Å². The van der Waals surface area contributed by atoms with Crippen LogP contribution in [0.3, 0.4) is 0 Å². The maximum atomic E-state index is 13.3. The van der Waals surface area contributed by atoms with Crippen molar-refractivity contribution in [2.24, 2.45) is 4.99 Å². The number of nitrogens with zero attached hydrogens (tertiary/aromatic N) is 2. The van der Waals surface area contributed by atoms with Crippen molar-refractivity contribution >= 4 is 17.2 Å². The highest BCUT2D eigenvalue weighted by molar-refractivity contribution is 6.00. The van der Waals surface area contributed by atoms with Crippen LogP contribution in [0.15, 0.2) is 35.3 Å². The zero-order valence-electron chi connectivity index (χ0n) is 12.6. The molecule has 0 amide bonds. The van der Waals surface area contributed by atoms with Gasteiger partial charge in [0.15, 0.2) is 5.78 Å². The summed E-state index contributed by atoms with van der Waals surface area (Å²) in [6.45, 7) is 6.95. The van der Waals surface area contributed by atoms with Gasteiger partial charge in [0.2, 0.25) is 0 Å². The SMILES string of the molecule is CC(=O)c1cccc(C(C)=Nc2c(C)cc(F)cc2C)n1. The molecular weight excluding hydrogens is 267 g/mol. The summed E-state index contributed by atoms with van der Waals surface area (Å²) < 4.78 is 13.3. The highest BCUT2D eigenvalue weighted by Crippen LogP contribution is 2.25. The standard InChI is InChI=1S/C17H17FN2O/c1-10-8-14(18)9-11(2)17(10)19-12(3)15-6-5-7-16(20-15)13(4)21/h5-9H,1-4H3. The quantitative estimate of drug-likeness (QED) is 0.626. The third kappa shape index (κ3) is 3.40. The number of aromatic nitrogens is 1. The van der Waals surface area contributed by atoms with Crippen LogP contribution in [0.1, 0.15) is 41.2 Å². The van der Waals surface area contributed by atoms with Gasteiger partial charge in [-0.15, -0.1) is 0 Å². The highest BCUT2D eigenvalue weighted by Gasteiger charge is 2.08. The molecule has 0 aliphatic heterocycles. The lowest BCUT2D eigenvalue weighted by atomic mass is 10.1. The van der Waals surface area contributed by atoms with Gasteiger partial charge in [0.25, 0.3) is 0 Å². The van der Waals surface area contributed by atoms with Gasteiger partial charge >= 0.3 is 0 Å². The lowest BCUT2D eigenvalue weighted by Crippen LogP contribution is -2.04. The van der Waals surface area contributed by atoms with E-state index in [9.17, 15) is 9.18 Å². The number of benzene rings is 1. The molecule has 0 saturated heterocycles. The van der Waals surface area contributed by atoms with E-state index in [1.54, 1.807) is 18.2 Å². The molecule has 2 rings (SSSR count). The first kappa shape index (κ1) is 15.0. The predicted octanol–water partition coefficient (Wildman–Crippen LogP) is 4.18.